The van der Waals surface area contributed by atoms with Gasteiger partial charge in [-0.25, -0.2) is 0 Å². The maximum absolute atomic E-state index is 13.3. The molecule has 0 aromatic heterocycles. The van der Waals surface area contributed by atoms with Crippen molar-refractivity contribution < 1.29 is 29.1 Å². The van der Waals surface area contributed by atoms with E-state index in [2.05, 4.69) is 0 Å². The molecule has 0 saturated heterocycles. The molecule has 0 fully saturated rings. The van der Waals surface area contributed by atoms with E-state index in [1.807, 2.05) is 0 Å². The fourth-order valence-electron chi connectivity index (χ4n) is 4.82. The lowest BCUT2D eigenvalue weighted by molar-refractivity contribution is -0.384. The van der Waals surface area contributed by atoms with E-state index in [1.54, 1.807) is 19.1 Å². The molecular weight excluding hydrogens is 454 g/mol. The van der Waals surface area contributed by atoms with Gasteiger partial charge in [0, 0.05) is 35.7 Å². The minimum Gasteiger partial charge on any atom is -0.504 e. The molecule has 2 N–H and O–H groups in total. The number of allylic oxidation sites excluding steroid dienone is 2. The van der Waals surface area contributed by atoms with Crippen molar-refractivity contribution in [1.29, 1.82) is 5.41 Å². The summed E-state index contributed by atoms with van der Waals surface area (Å²) in [4.78, 5) is 38.8. The standard InChI is InChI=1S/C25H25N3O7/c1-3-35-25(31)23-21(14-10-11-20(34-2)19(30)12-14)22-17(8-5-9-18(22)29)27(24(23)26)15-6-4-7-16(13-15)28(32)33/h4,6-7,10-13,21,23,26,30H,3,5,8-9H2,1-2H3. The summed E-state index contributed by atoms with van der Waals surface area (Å²) in [5.41, 5.74) is 1.48. The number of amidine groups is 1. The van der Waals surface area contributed by atoms with Gasteiger partial charge in [0.05, 0.1) is 24.3 Å². The van der Waals surface area contributed by atoms with Crippen LogP contribution in [0.15, 0.2) is 53.7 Å². The number of nitrogens with one attached hydrogen (secondary N) is 1. The van der Waals surface area contributed by atoms with Crippen molar-refractivity contribution in [2.24, 2.45) is 5.92 Å². The maximum atomic E-state index is 13.3. The summed E-state index contributed by atoms with van der Waals surface area (Å²) in [5.74, 6) is -3.03. The van der Waals surface area contributed by atoms with Crippen LogP contribution in [0, 0.1) is 21.4 Å². The van der Waals surface area contributed by atoms with Gasteiger partial charge >= 0.3 is 5.97 Å². The van der Waals surface area contributed by atoms with Crippen molar-refractivity contribution in [3.63, 3.8) is 0 Å². The molecule has 0 spiro atoms. The Balaban J connectivity index is 1.97. The molecule has 4 rings (SSSR count). The van der Waals surface area contributed by atoms with Crippen molar-refractivity contribution in [2.45, 2.75) is 32.1 Å². The second kappa shape index (κ2) is 9.57. The number of ether oxygens (including phenoxy) is 2. The van der Waals surface area contributed by atoms with Gasteiger partial charge in [0.25, 0.3) is 5.69 Å². The smallest absolute Gasteiger partial charge is 0.317 e. The average molecular weight is 479 g/mol. The number of phenols is 1. The lowest BCUT2D eigenvalue weighted by Gasteiger charge is -2.43. The average Bonchev–Trinajstić information content (AvgIpc) is 2.83. The van der Waals surface area contributed by atoms with Crippen LogP contribution in [0.25, 0.3) is 0 Å². The van der Waals surface area contributed by atoms with Gasteiger partial charge in [0.15, 0.2) is 17.3 Å². The molecule has 0 radical (unpaired) electrons. The van der Waals surface area contributed by atoms with Gasteiger partial charge in [-0.05, 0) is 43.5 Å². The zero-order valence-electron chi connectivity index (χ0n) is 19.3. The third-order valence-electron chi connectivity index (χ3n) is 6.28. The largest absolute Gasteiger partial charge is 0.504 e. The summed E-state index contributed by atoms with van der Waals surface area (Å²) < 4.78 is 10.4. The summed E-state index contributed by atoms with van der Waals surface area (Å²) in [5, 5.41) is 30.9. The third-order valence-corrected chi connectivity index (χ3v) is 6.28. The number of nitrogens with zero attached hydrogens (tertiary/aromatic N) is 2. The number of Topliss-reactive ketones (excluding diaryl/α,β-unsaturated/α-hetero) is 1. The first-order chi connectivity index (χ1) is 16.8. The zero-order valence-corrected chi connectivity index (χ0v) is 19.3. The minimum atomic E-state index is -1.21. The Hall–Kier alpha value is -4.21. The molecule has 10 heteroatoms. The summed E-state index contributed by atoms with van der Waals surface area (Å²) in [6, 6.07) is 10.4. The number of ketones is 1. The molecule has 0 amide bonds. The first-order valence-electron chi connectivity index (χ1n) is 11.2. The summed E-state index contributed by atoms with van der Waals surface area (Å²) >= 11 is 0. The van der Waals surface area contributed by atoms with Crippen LogP contribution in [-0.2, 0) is 14.3 Å². The highest BCUT2D eigenvalue weighted by molar-refractivity contribution is 6.16. The molecule has 2 aliphatic rings. The number of benzene rings is 2. The molecule has 35 heavy (non-hydrogen) atoms. The predicted octanol–water partition coefficient (Wildman–Crippen LogP) is 4.08. The number of nitro benzene ring substituents is 1. The topological polar surface area (TPSA) is 143 Å². The SMILES string of the molecule is CCOC(=O)C1C(=N)N(c2cccc([N+](=O)[O-])c2)C2=C(C(=O)CCC2)C1c1ccc(OC)c(O)c1. The monoisotopic (exact) mass is 479 g/mol. The van der Waals surface area contributed by atoms with E-state index in [0.29, 0.717) is 35.4 Å². The van der Waals surface area contributed by atoms with Gasteiger partial charge in [-0.15, -0.1) is 0 Å². The predicted molar refractivity (Wildman–Crippen MR) is 127 cm³/mol. The lowest BCUT2D eigenvalue weighted by Crippen LogP contribution is -2.49. The Morgan fingerprint density at radius 3 is 2.69 bits per heavy atom. The van der Waals surface area contributed by atoms with Gasteiger partial charge in [0.2, 0.25) is 0 Å². The Bertz CT molecular complexity index is 1250. The molecule has 0 saturated carbocycles. The summed E-state index contributed by atoms with van der Waals surface area (Å²) in [6.45, 7) is 1.72. The number of esters is 1. The normalized spacial score (nSPS) is 19.9. The number of hydrogen-bond donors (Lipinski definition) is 2. The van der Waals surface area contributed by atoms with Crippen LogP contribution in [0.2, 0.25) is 0 Å². The number of carbonyl (C=O) groups is 2. The van der Waals surface area contributed by atoms with Gasteiger partial charge < -0.3 is 19.5 Å². The number of nitro groups is 1. The molecule has 2 aromatic rings. The van der Waals surface area contributed by atoms with Crippen LogP contribution in [0.3, 0.4) is 0 Å². The Morgan fingerprint density at radius 2 is 2.03 bits per heavy atom. The van der Waals surface area contributed by atoms with E-state index in [-0.39, 0.29) is 41.8 Å². The molecule has 1 aliphatic heterocycles. The van der Waals surface area contributed by atoms with Crippen molar-refractivity contribution >= 4 is 29.0 Å². The number of aromatic hydroxyl groups is 1. The van der Waals surface area contributed by atoms with Gasteiger partial charge in [-0.2, -0.15) is 0 Å². The number of non-ortho nitro benzene ring substituents is 1. The van der Waals surface area contributed by atoms with E-state index in [1.165, 1.54) is 42.3 Å². The van der Waals surface area contributed by atoms with E-state index in [0.717, 1.165) is 0 Å². The van der Waals surface area contributed by atoms with Crippen LogP contribution in [0.5, 0.6) is 11.5 Å². The Labute approximate surface area is 201 Å². The first-order valence-corrected chi connectivity index (χ1v) is 11.2. The number of rotatable bonds is 6. The lowest BCUT2D eigenvalue weighted by atomic mass is 9.71. The van der Waals surface area contributed by atoms with Crippen molar-refractivity contribution in [1.82, 2.24) is 0 Å². The van der Waals surface area contributed by atoms with Crippen LogP contribution < -0.4 is 9.64 Å². The molecule has 2 aromatic carbocycles. The highest BCUT2D eigenvalue weighted by Gasteiger charge is 2.48. The molecule has 1 aliphatic carbocycles. The Kier molecular flexibility index (Phi) is 6.54. The maximum Gasteiger partial charge on any atom is 0.317 e. The van der Waals surface area contributed by atoms with Crippen LogP contribution in [0.4, 0.5) is 11.4 Å². The molecule has 0 bridgehead atoms. The summed E-state index contributed by atoms with van der Waals surface area (Å²) in [7, 11) is 1.41. The van der Waals surface area contributed by atoms with Crippen LogP contribution in [-0.4, -0.2) is 41.3 Å². The molecule has 2 atom stereocenters. The number of phenolic OH excluding ortho intramolecular Hbond substituents is 1. The summed E-state index contributed by atoms with van der Waals surface area (Å²) in [6.07, 6.45) is 1.25. The second-order valence-electron chi connectivity index (χ2n) is 8.27. The van der Waals surface area contributed by atoms with Crippen LogP contribution in [0.1, 0.15) is 37.7 Å². The van der Waals surface area contributed by atoms with E-state index >= 15 is 0 Å². The van der Waals surface area contributed by atoms with E-state index in [4.69, 9.17) is 14.9 Å². The fraction of sp³-hybridized carbons (Fsp3) is 0.320. The molecule has 1 heterocycles. The third kappa shape index (κ3) is 4.23. The quantitative estimate of drug-likeness (QED) is 0.358. The van der Waals surface area contributed by atoms with E-state index in [9.17, 15) is 24.8 Å². The first kappa shape index (κ1) is 23.9. The number of anilines is 1. The van der Waals surface area contributed by atoms with Crippen molar-refractivity contribution in [3.05, 3.63) is 69.4 Å². The molecular formula is C25H25N3O7. The molecule has 182 valence electrons. The highest BCUT2D eigenvalue weighted by atomic mass is 16.6. The van der Waals surface area contributed by atoms with Crippen molar-refractivity contribution in [2.75, 3.05) is 18.6 Å². The van der Waals surface area contributed by atoms with Gasteiger partial charge in [0.1, 0.15) is 11.8 Å². The second-order valence-corrected chi connectivity index (χ2v) is 8.27. The highest BCUT2D eigenvalue weighted by Crippen LogP contribution is 2.48. The molecule has 10 nitrogen and oxygen atoms in total. The number of hydrogen-bond acceptors (Lipinski definition) is 8. The van der Waals surface area contributed by atoms with Gasteiger partial charge in [-0.3, -0.25) is 25.1 Å². The fourth-order valence-corrected chi connectivity index (χ4v) is 4.82. The molecule has 2 unspecified atom stereocenters. The number of methoxy groups -OCH3 is 1. The van der Waals surface area contributed by atoms with E-state index < -0.39 is 22.7 Å². The zero-order chi connectivity index (χ0) is 25.3. The van der Waals surface area contributed by atoms with Crippen LogP contribution >= 0.6 is 0 Å². The number of carbonyl (C=O) groups excluding carboxylic acids is 2. The minimum absolute atomic E-state index is 0.0693. The van der Waals surface area contributed by atoms with Crippen molar-refractivity contribution in [3.8, 4) is 11.5 Å². The Morgan fingerprint density at radius 1 is 1.26 bits per heavy atom. The van der Waals surface area contributed by atoms with Gasteiger partial charge in [-0.1, -0.05) is 12.1 Å².